The van der Waals surface area contributed by atoms with Gasteiger partial charge in [0.05, 0.1) is 36.5 Å². The number of hydrogen-bond acceptors (Lipinski definition) is 8. The molecule has 0 saturated heterocycles. The van der Waals surface area contributed by atoms with Crippen LogP contribution in [0, 0.1) is 0 Å². The summed E-state index contributed by atoms with van der Waals surface area (Å²) in [6.07, 6.45) is 4.65. The van der Waals surface area contributed by atoms with Crippen LogP contribution in [0.2, 0.25) is 5.02 Å². The lowest BCUT2D eigenvalue weighted by molar-refractivity contribution is -0.137. The van der Waals surface area contributed by atoms with Crippen LogP contribution in [0.1, 0.15) is 53.8 Å². The molecule has 8 nitrogen and oxygen atoms in total. The Hall–Kier alpha value is -4.30. The molecule has 3 aromatic rings. The normalized spacial score (nSPS) is 10.1. The first kappa shape index (κ1) is 31.9. The Morgan fingerprint density at radius 1 is 0.750 bits per heavy atom. The van der Waals surface area contributed by atoms with E-state index in [-0.39, 0.29) is 23.8 Å². The molecule has 9 heteroatoms. The SMILES string of the molecule is C.C=CC(=O)OCCCCCCOc1ccc(C(=O)Oc2ccc(C(=O)Oc3ccc(OC)cc3)cc2Cl)cc1. The second-order valence-corrected chi connectivity index (χ2v) is 8.67. The minimum Gasteiger partial charge on any atom is -0.497 e. The van der Waals surface area contributed by atoms with Crippen LogP contribution in [0.25, 0.3) is 0 Å². The van der Waals surface area contributed by atoms with Crippen molar-refractivity contribution >= 4 is 29.5 Å². The third kappa shape index (κ3) is 10.1. The molecule has 0 aromatic heterocycles. The average molecular weight is 569 g/mol. The van der Waals surface area contributed by atoms with Gasteiger partial charge in [-0.05, 0) is 92.4 Å². The number of carbonyl (C=O) groups excluding carboxylic acids is 3. The van der Waals surface area contributed by atoms with Crippen LogP contribution >= 0.6 is 11.6 Å². The van der Waals surface area contributed by atoms with Crippen molar-refractivity contribution in [2.75, 3.05) is 20.3 Å². The molecule has 0 N–H and O–H groups in total. The molecule has 0 fully saturated rings. The van der Waals surface area contributed by atoms with Gasteiger partial charge in [-0.25, -0.2) is 14.4 Å². The van der Waals surface area contributed by atoms with Gasteiger partial charge >= 0.3 is 17.9 Å². The average Bonchev–Trinajstić information content (AvgIpc) is 2.95. The van der Waals surface area contributed by atoms with E-state index < -0.39 is 17.9 Å². The lowest BCUT2D eigenvalue weighted by atomic mass is 10.2. The van der Waals surface area contributed by atoms with Crippen molar-refractivity contribution in [1.29, 1.82) is 0 Å². The highest BCUT2D eigenvalue weighted by Crippen LogP contribution is 2.27. The fraction of sp³-hybridized carbons (Fsp3) is 0.258. The largest absolute Gasteiger partial charge is 0.497 e. The summed E-state index contributed by atoms with van der Waals surface area (Å²) in [7, 11) is 1.54. The van der Waals surface area contributed by atoms with Gasteiger partial charge in [0.1, 0.15) is 23.0 Å². The van der Waals surface area contributed by atoms with Gasteiger partial charge in [-0.1, -0.05) is 25.6 Å². The standard InChI is InChI=1S/C30H29ClO8.CH4/c1-3-28(32)37-19-7-5-4-6-18-36-24-11-8-21(9-12-24)29(33)39-27-17-10-22(20-26(27)31)30(34)38-25-15-13-23(35-2)14-16-25;/h3,8-17,20H,1,4-7,18-19H2,2H3;1H4. The second-order valence-electron chi connectivity index (χ2n) is 8.26. The molecule has 0 heterocycles. The van der Waals surface area contributed by atoms with Crippen molar-refractivity contribution in [1.82, 2.24) is 0 Å². The van der Waals surface area contributed by atoms with Gasteiger partial charge in [0.25, 0.3) is 0 Å². The predicted octanol–water partition coefficient (Wildman–Crippen LogP) is 7.09. The third-order valence-electron chi connectivity index (χ3n) is 5.45. The Bertz CT molecular complexity index is 1270. The first-order valence-corrected chi connectivity index (χ1v) is 12.7. The van der Waals surface area contributed by atoms with Crippen LogP contribution in [0.15, 0.2) is 79.4 Å². The van der Waals surface area contributed by atoms with E-state index in [1.165, 1.54) is 18.2 Å². The van der Waals surface area contributed by atoms with Crippen molar-refractivity contribution in [2.45, 2.75) is 33.1 Å². The number of hydrogen-bond donors (Lipinski definition) is 0. The highest BCUT2D eigenvalue weighted by Gasteiger charge is 2.15. The Labute approximate surface area is 239 Å². The molecule has 0 spiro atoms. The molecule has 40 heavy (non-hydrogen) atoms. The lowest BCUT2D eigenvalue weighted by Gasteiger charge is -2.10. The monoisotopic (exact) mass is 568 g/mol. The van der Waals surface area contributed by atoms with Crippen molar-refractivity contribution in [3.05, 3.63) is 95.5 Å². The quantitative estimate of drug-likeness (QED) is 0.0879. The Balaban J connectivity index is 0.00000560. The van der Waals surface area contributed by atoms with Gasteiger partial charge in [0.2, 0.25) is 0 Å². The summed E-state index contributed by atoms with van der Waals surface area (Å²) in [5, 5.41) is 0.0892. The lowest BCUT2D eigenvalue weighted by Crippen LogP contribution is -2.11. The van der Waals surface area contributed by atoms with Gasteiger partial charge in [0, 0.05) is 6.08 Å². The second kappa shape index (κ2) is 16.6. The summed E-state index contributed by atoms with van der Waals surface area (Å²) in [4.78, 5) is 36.0. The zero-order chi connectivity index (χ0) is 28.0. The first-order valence-electron chi connectivity index (χ1n) is 12.3. The molecule has 0 radical (unpaired) electrons. The Morgan fingerprint density at radius 3 is 1.95 bits per heavy atom. The summed E-state index contributed by atoms with van der Waals surface area (Å²) in [5.74, 6) is 0.115. The highest BCUT2D eigenvalue weighted by atomic mass is 35.5. The molecule has 0 unspecified atom stereocenters. The zero-order valence-corrected chi connectivity index (χ0v) is 22.3. The molecule has 3 rings (SSSR count). The molecule has 3 aromatic carbocycles. The van der Waals surface area contributed by atoms with E-state index >= 15 is 0 Å². The molecule has 212 valence electrons. The maximum atomic E-state index is 12.6. The zero-order valence-electron chi connectivity index (χ0n) is 21.5. The van der Waals surface area contributed by atoms with Gasteiger partial charge < -0.3 is 23.7 Å². The fourth-order valence-corrected chi connectivity index (χ4v) is 3.56. The maximum absolute atomic E-state index is 12.6. The van der Waals surface area contributed by atoms with Gasteiger partial charge in [-0.3, -0.25) is 0 Å². The third-order valence-corrected chi connectivity index (χ3v) is 5.74. The highest BCUT2D eigenvalue weighted by molar-refractivity contribution is 6.32. The summed E-state index contributed by atoms with van der Waals surface area (Å²) in [6, 6.07) is 17.4. The minimum absolute atomic E-state index is 0. The van der Waals surface area contributed by atoms with Crippen molar-refractivity contribution in [3.63, 3.8) is 0 Å². The van der Waals surface area contributed by atoms with Crippen molar-refractivity contribution in [2.24, 2.45) is 0 Å². The van der Waals surface area contributed by atoms with E-state index in [1.807, 2.05) is 0 Å². The summed E-state index contributed by atoms with van der Waals surface area (Å²) < 4.78 is 26.5. The van der Waals surface area contributed by atoms with E-state index in [4.69, 9.17) is 35.3 Å². The fourth-order valence-electron chi connectivity index (χ4n) is 3.35. The molecule has 0 atom stereocenters. The Morgan fingerprint density at radius 2 is 1.32 bits per heavy atom. The number of unbranched alkanes of at least 4 members (excludes halogenated alkanes) is 3. The van der Waals surface area contributed by atoms with Gasteiger partial charge in [0.15, 0.2) is 0 Å². The smallest absolute Gasteiger partial charge is 0.343 e. The summed E-state index contributed by atoms with van der Waals surface area (Å²) in [5.41, 5.74) is 0.517. The number of benzene rings is 3. The topological polar surface area (TPSA) is 97.4 Å². The number of methoxy groups -OCH3 is 1. The molecule has 0 aliphatic carbocycles. The number of halogens is 1. The molecule has 0 amide bonds. The maximum Gasteiger partial charge on any atom is 0.343 e. The van der Waals surface area contributed by atoms with Crippen LogP contribution in [-0.2, 0) is 9.53 Å². The minimum atomic E-state index is -0.607. The molecule has 0 bridgehead atoms. The van der Waals surface area contributed by atoms with E-state index in [1.54, 1.807) is 55.6 Å². The molecule has 0 saturated carbocycles. The van der Waals surface area contributed by atoms with E-state index in [9.17, 15) is 14.4 Å². The number of ether oxygens (including phenoxy) is 5. The van der Waals surface area contributed by atoms with Crippen LogP contribution in [-0.4, -0.2) is 38.2 Å². The number of carbonyl (C=O) groups is 3. The van der Waals surface area contributed by atoms with Crippen LogP contribution < -0.4 is 18.9 Å². The van der Waals surface area contributed by atoms with E-state index in [0.717, 1.165) is 31.8 Å². The van der Waals surface area contributed by atoms with E-state index in [2.05, 4.69) is 6.58 Å². The van der Waals surface area contributed by atoms with Crippen molar-refractivity contribution in [3.8, 4) is 23.0 Å². The van der Waals surface area contributed by atoms with Gasteiger partial charge in [-0.2, -0.15) is 0 Å². The molecular weight excluding hydrogens is 536 g/mol. The molecule has 0 aliphatic rings. The van der Waals surface area contributed by atoms with Crippen LogP contribution in [0.5, 0.6) is 23.0 Å². The number of esters is 3. The summed E-state index contributed by atoms with van der Waals surface area (Å²) >= 11 is 6.26. The van der Waals surface area contributed by atoms with Gasteiger partial charge in [-0.15, -0.1) is 0 Å². The Kier molecular flexibility index (Phi) is 13.3. The van der Waals surface area contributed by atoms with Crippen molar-refractivity contribution < 1.29 is 38.1 Å². The van der Waals surface area contributed by atoms with Crippen LogP contribution in [0.3, 0.4) is 0 Å². The van der Waals surface area contributed by atoms with E-state index in [0.29, 0.717) is 36.0 Å². The molecular formula is C31H33ClO8. The predicted molar refractivity (Wildman–Crippen MR) is 153 cm³/mol. The van der Waals surface area contributed by atoms with Crippen LogP contribution in [0.4, 0.5) is 0 Å². The molecule has 0 aliphatic heterocycles. The number of rotatable bonds is 14. The first-order chi connectivity index (χ1) is 18.9. The summed E-state index contributed by atoms with van der Waals surface area (Å²) in [6.45, 7) is 4.26.